The third-order valence-electron chi connectivity index (χ3n) is 3.28. The molecule has 0 aromatic heterocycles. The third-order valence-corrected chi connectivity index (χ3v) is 3.60. The van der Waals surface area contributed by atoms with Crippen LogP contribution in [0.4, 0.5) is 5.69 Å². The zero-order valence-electron chi connectivity index (χ0n) is 9.73. The maximum atomic E-state index is 9.22. The molecule has 0 atom stereocenters. The highest BCUT2D eigenvalue weighted by molar-refractivity contribution is 6.32. The minimum Gasteiger partial charge on any atom is -0.362 e. The summed E-state index contributed by atoms with van der Waals surface area (Å²) in [5.41, 5.74) is 4.12. The van der Waals surface area contributed by atoms with Gasteiger partial charge in [-0.25, -0.2) is 0 Å². The first-order chi connectivity index (χ1) is 8.79. The van der Waals surface area contributed by atoms with Gasteiger partial charge in [0.05, 0.1) is 16.3 Å². The fourth-order valence-electron chi connectivity index (χ4n) is 2.39. The van der Waals surface area contributed by atoms with Crippen LogP contribution in [0.3, 0.4) is 0 Å². The molecule has 3 rings (SSSR count). The minimum absolute atomic E-state index is 0.519. The Hall–Kier alpha value is -1.98. The molecule has 0 unspecified atom stereocenters. The molecule has 0 saturated heterocycles. The Morgan fingerprint density at radius 1 is 1.00 bits per heavy atom. The molecule has 88 valence electrons. The molecule has 0 amide bonds. The van der Waals surface area contributed by atoms with Crippen molar-refractivity contribution in [2.45, 2.75) is 13.1 Å². The Morgan fingerprint density at radius 2 is 1.67 bits per heavy atom. The number of hydrogen-bond acceptors (Lipinski definition) is 2. The van der Waals surface area contributed by atoms with E-state index >= 15 is 0 Å². The number of nitrogens with zero attached hydrogens (tertiary/aromatic N) is 2. The van der Waals surface area contributed by atoms with Crippen LogP contribution in [0.15, 0.2) is 42.5 Å². The minimum atomic E-state index is 0.519. The molecular weight excluding hydrogens is 244 g/mol. The molecule has 1 aliphatic heterocycles. The average Bonchev–Trinajstić information content (AvgIpc) is 2.82. The second kappa shape index (κ2) is 4.36. The van der Waals surface area contributed by atoms with Crippen molar-refractivity contribution in [3.05, 3.63) is 64.2 Å². The van der Waals surface area contributed by atoms with Crippen molar-refractivity contribution in [2.24, 2.45) is 0 Å². The zero-order chi connectivity index (χ0) is 12.5. The van der Waals surface area contributed by atoms with Crippen LogP contribution in [0.5, 0.6) is 0 Å². The summed E-state index contributed by atoms with van der Waals surface area (Å²) in [5.74, 6) is 0. The quantitative estimate of drug-likeness (QED) is 0.775. The molecule has 2 nitrogen and oxygen atoms in total. The van der Waals surface area contributed by atoms with Crippen molar-refractivity contribution in [3.63, 3.8) is 0 Å². The highest BCUT2D eigenvalue weighted by atomic mass is 35.5. The first-order valence-corrected chi connectivity index (χ1v) is 6.18. The number of rotatable bonds is 1. The van der Waals surface area contributed by atoms with Crippen molar-refractivity contribution < 1.29 is 0 Å². The Balaban J connectivity index is 2.01. The molecule has 0 saturated carbocycles. The van der Waals surface area contributed by atoms with Gasteiger partial charge in [0.2, 0.25) is 0 Å². The number of anilines is 1. The van der Waals surface area contributed by atoms with E-state index in [4.69, 9.17) is 11.6 Å². The van der Waals surface area contributed by atoms with Gasteiger partial charge in [-0.1, -0.05) is 41.9 Å². The topological polar surface area (TPSA) is 27.0 Å². The summed E-state index contributed by atoms with van der Waals surface area (Å²) in [4.78, 5) is 2.19. The van der Waals surface area contributed by atoms with E-state index < -0.39 is 0 Å². The van der Waals surface area contributed by atoms with Crippen LogP contribution in [0.1, 0.15) is 16.7 Å². The molecule has 1 aliphatic rings. The molecule has 0 bridgehead atoms. The summed E-state index contributed by atoms with van der Waals surface area (Å²) in [6, 6.07) is 16.2. The number of fused-ring (bicyclic) bond motifs is 1. The Bertz CT molecular complexity index is 618. The monoisotopic (exact) mass is 254 g/mol. The van der Waals surface area contributed by atoms with Crippen LogP contribution in [-0.4, -0.2) is 0 Å². The fraction of sp³-hybridized carbons (Fsp3) is 0.133. The van der Waals surface area contributed by atoms with E-state index in [2.05, 4.69) is 23.1 Å². The molecule has 0 spiro atoms. The summed E-state index contributed by atoms with van der Waals surface area (Å²) in [5, 5.41) is 9.73. The highest BCUT2D eigenvalue weighted by Gasteiger charge is 2.21. The van der Waals surface area contributed by atoms with Gasteiger partial charge in [-0.05, 0) is 23.3 Å². The van der Waals surface area contributed by atoms with Gasteiger partial charge in [0, 0.05) is 13.1 Å². The molecule has 18 heavy (non-hydrogen) atoms. The maximum Gasteiger partial charge on any atom is 0.103 e. The van der Waals surface area contributed by atoms with E-state index in [1.54, 1.807) is 6.07 Å². The van der Waals surface area contributed by atoms with Gasteiger partial charge in [0.25, 0.3) is 0 Å². The number of halogens is 1. The van der Waals surface area contributed by atoms with Crippen LogP contribution in [0, 0.1) is 11.3 Å². The molecule has 2 aromatic rings. The SMILES string of the molecule is N#Cc1c(Cl)cccc1N1Cc2ccccc2C1. The van der Waals surface area contributed by atoms with Gasteiger partial charge in [-0.15, -0.1) is 0 Å². The van der Waals surface area contributed by atoms with Gasteiger partial charge < -0.3 is 4.90 Å². The van der Waals surface area contributed by atoms with Crippen molar-refractivity contribution in [3.8, 4) is 6.07 Å². The molecule has 2 aromatic carbocycles. The lowest BCUT2D eigenvalue weighted by Crippen LogP contribution is -2.15. The van der Waals surface area contributed by atoms with Gasteiger partial charge in [-0.3, -0.25) is 0 Å². The van der Waals surface area contributed by atoms with Gasteiger partial charge >= 0.3 is 0 Å². The predicted octanol–water partition coefficient (Wildman–Crippen LogP) is 3.73. The number of hydrogen-bond donors (Lipinski definition) is 0. The predicted molar refractivity (Wildman–Crippen MR) is 72.5 cm³/mol. The molecule has 0 radical (unpaired) electrons. The number of benzene rings is 2. The lowest BCUT2D eigenvalue weighted by atomic mass is 10.1. The van der Waals surface area contributed by atoms with Crippen molar-refractivity contribution >= 4 is 17.3 Å². The lowest BCUT2D eigenvalue weighted by Gasteiger charge is -2.19. The van der Waals surface area contributed by atoms with E-state index in [0.717, 1.165) is 18.8 Å². The summed E-state index contributed by atoms with van der Waals surface area (Å²) in [6.45, 7) is 1.68. The number of nitriles is 1. The second-order valence-electron chi connectivity index (χ2n) is 4.37. The molecular formula is C15H11ClN2. The van der Waals surface area contributed by atoms with Crippen molar-refractivity contribution in [1.29, 1.82) is 5.26 Å². The maximum absolute atomic E-state index is 9.22. The van der Waals surface area contributed by atoms with Crippen LogP contribution in [0.25, 0.3) is 0 Å². The first-order valence-electron chi connectivity index (χ1n) is 5.80. The Kier molecular flexibility index (Phi) is 2.70. The average molecular weight is 255 g/mol. The standard InChI is InChI=1S/C15H11ClN2/c16-14-6-3-7-15(13(14)8-17)18-9-11-4-1-2-5-12(11)10-18/h1-7H,9-10H2. The van der Waals surface area contributed by atoms with E-state index in [1.165, 1.54) is 11.1 Å². The molecule has 0 N–H and O–H groups in total. The molecule has 0 fully saturated rings. The molecule has 0 aliphatic carbocycles. The Labute approximate surface area is 111 Å². The first kappa shape index (κ1) is 11.1. The Morgan fingerprint density at radius 3 is 2.28 bits per heavy atom. The summed E-state index contributed by atoms with van der Waals surface area (Å²) in [7, 11) is 0. The van der Waals surface area contributed by atoms with E-state index in [9.17, 15) is 5.26 Å². The van der Waals surface area contributed by atoms with E-state index in [-0.39, 0.29) is 0 Å². The molecule has 3 heteroatoms. The highest BCUT2D eigenvalue weighted by Crippen LogP contribution is 2.33. The summed E-state index contributed by atoms with van der Waals surface area (Å²) in [6.07, 6.45) is 0. The summed E-state index contributed by atoms with van der Waals surface area (Å²) < 4.78 is 0. The zero-order valence-corrected chi connectivity index (χ0v) is 10.5. The third kappa shape index (κ3) is 1.73. The second-order valence-corrected chi connectivity index (χ2v) is 4.78. The molecule has 1 heterocycles. The van der Waals surface area contributed by atoms with Crippen LogP contribution in [-0.2, 0) is 13.1 Å². The lowest BCUT2D eigenvalue weighted by molar-refractivity contribution is 0.878. The van der Waals surface area contributed by atoms with Crippen LogP contribution >= 0.6 is 11.6 Å². The normalized spacial score (nSPS) is 13.2. The van der Waals surface area contributed by atoms with E-state index in [0.29, 0.717) is 10.6 Å². The fourth-order valence-corrected chi connectivity index (χ4v) is 2.60. The smallest absolute Gasteiger partial charge is 0.103 e. The van der Waals surface area contributed by atoms with Crippen molar-refractivity contribution in [2.75, 3.05) is 4.90 Å². The largest absolute Gasteiger partial charge is 0.362 e. The van der Waals surface area contributed by atoms with Gasteiger partial charge in [0.1, 0.15) is 6.07 Å². The van der Waals surface area contributed by atoms with E-state index in [1.807, 2.05) is 24.3 Å². The van der Waals surface area contributed by atoms with Crippen LogP contribution < -0.4 is 4.90 Å². The summed E-state index contributed by atoms with van der Waals surface area (Å²) >= 11 is 6.07. The van der Waals surface area contributed by atoms with Crippen molar-refractivity contribution in [1.82, 2.24) is 0 Å². The van der Waals surface area contributed by atoms with Crippen LogP contribution in [0.2, 0.25) is 5.02 Å². The van der Waals surface area contributed by atoms with Gasteiger partial charge in [-0.2, -0.15) is 5.26 Å². The van der Waals surface area contributed by atoms with Gasteiger partial charge in [0.15, 0.2) is 0 Å².